The summed E-state index contributed by atoms with van der Waals surface area (Å²) < 4.78 is 10.7. The molecule has 1 aliphatic rings. The van der Waals surface area contributed by atoms with E-state index in [2.05, 4.69) is 21.9 Å². The van der Waals surface area contributed by atoms with Crippen LogP contribution in [0.5, 0.6) is 6.01 Å². The van der Waals surface area contributed by atoms with Crippen molar-refractivity contribution < 1.29 is 9.47 Å². The second-order valence-corrected chi connectivity index (χ2v) is 5.17. The molecule has 2 atom stereocenters. The van der Waals surface area contributed by atoms with E-state index in [1.807, 2.05) is 6.92 Å². The van der Waals surface area contributed by atoms with Crippen LogP contribution >= 0.6 is 23.4 Å². The zero-order chi connectivity index (χ0) is 12.3. The molecule has 0 saturated carbocycles. The summed E-state index contributed by atoms with van der Waals surface area (Å²) in [5.74, 6) is 0. The van der Waals surface area contributed by atoms with Gasteiger partial charge < -0.3 is 9.47 Å². The number of hydrogen-bond donors (Lipinski definition) is 0. The van der Waals surface area contributed by atoms with Crippen LogP contribution in [0.25, 0.3) is 0 Å². The maximum Gasteiger partial charge on any atom is 0.321 e. The third-order valence-electron chi connectivity index (χ3n) is 2.40. The third-order valence-corrected chi connectivity index (χ3v) is 3.89. The summed E-state index contributed by atoms with van der Waals surface area (Å²) in [5, 5.41) is 1.12. The third kappa shape index (κ3) is 3.43. The van der Waals surface area contributed by atoms with Crippen LogP contribution in [-0.2, 0) is 4.74 Å². The van der Waals surface area contributed by atoms with E-state index in [1.165, 1.54) is 0 Å². The van der Waals surface area contributed by atoms with E-state index in [1.54, 1.807) is 11.8 Å². The van der Waals surface area contributed by atoms with E-state index in [0.717, 1.165) is 13.0 Å². The van der Waals surface area contributed by atoms with Crippen molar-refractivity contribution in [3.05, 3.63) is 5.28 Å². The van der Waals surface area contributed by atoms with Crippen LogP contribution < -0.4 is 4.74 Å². The first-order chi connectivity index (χ1) is 8.19. The van der Waals surface area contributed by atoms with Crippen molar-refractivity contribution in [3.8, 4) is 6.01 Å². The molecule has 17 heavy (non-hydrogen) atoms. The molecule has 2 heterocycles. The van der Waals surface area contributed by atoms with Crippen molar-refractivity contribution in [3.63, 3.8) is 0 Å². The second kappa shape index (κ2) is 5.84. The summed E-state index contributed by atoms with van der Waals surface area (Å²) in [7, 11) is 0. The van der Waals surface area contributed by atoms with Gasteiger partial charge in [0.25, 0.3) is 0 Å². The maximum atomic E-state index is 5.82. The number of halogens is 1. The summed E-state index contributed by atoms with van der Waals surface area (Å²) in [6, 6.07) is 0.279. The van der Waals surface area contributed by atoms with E-state index in [4.69, 9.17) is 21.1 Å². The van der Waals surface area contributed by atoms with Crippen LogP contribution in [0.4, 0.5) is 0 Å². The number of hydrogen-bond acceptors (Lipinski definition) is 6. The molecule has 0 radical (unpaired) electrons. The maximum absolute atomic E-state index is 5.82. The number of thioether (sulfide) groups is 1. The molecule has 0 N–H and O–H groups in total. The van der Waals surface area contributed by atoms with Crippen LogP contribution in [0.2, 0.25) is 5.28 Å². The molecule has 0 amide bonds. The van der Waals surface area contributed by atoms with Gasteiger partial charge >= 0.3 is 6.01 Å². The molecular formula is C10H14ClN3O2S. The smallest absolute Gasteiger partial charge is 0.321 e. The minimum atomic E-state index is 0.164. The van der Waals surface area contributed by atoms with Gasteiger partial charge in [-0.2, -0.15) is 15.0 Å². The Hall–Kier alpha value is -0.590. The highest BCUT2D eigenvalue weighted by atomic mass is 35.5. The van der Waals surface area contributed by atoms with Crippen LogP contribution in [-0.4, -0.2) is 39.5 Å². The SMILES string of the molecule is CCOc1nc(Cl)nc(SC2CCOC2C)n1. The average molecular weight is 276 g/mol. The topological polar surface area (TPSA) is 57.1 Å². The summed E-state index contributed by atoms with van der Waals surface area (Å²) in [5.41, 5.74) is 0. The molecule has 5 nitrogen and oxygen atoms in total. The molecule has 2 unspecified atom stereocenters. The molecule has 0 aromatic carbocycles. The Labute approximate surface area is 109 Å². The summed E-state index contributed by atoms with van der Waals surface area (Å²) in [4.78, 5) is 12.2. The lowest BCUT2D eigenvalue weighted by atomic mass is 10.3. The second-order valence-electron chi connectivity index (χ2n) is 3.62. The van der Waals surface area contributed by atoms with Gasteiger partial charge in [-0.1, -0.05) is 11.8 Å². The number of aromatic nitrogens is 3. The largest absolute Gasteiger partial charge is 0.464 e. The lowest BCUT2D eigenvalue weighted by Gasteiger charge is -2.12. The summed E-state index contributed by atoms with van der Waals surface area (Å²) in [6.07, 6.45) is 1.21. The van der Waals surface area contributed by atoms with Gasteiger partial charge in [0.15, 0.2) is 5.16 Å². The Kier molecular flexibility index (Phi) is 4.42. The lowest BCUT2D eigenvalue weighted by Crippen LogP contribution is -2.14. The molecule has 0 spiro atoms. The van der Waals surface area contributed by atoms with Crippen molar-refractivity contribution in [2.45, 2.75) is 36.8 Å². The van der Waals surface area contributed by atoms with Crippen LogP contribution in [0.3, 0.4) is 0 Å². The van der Waals surface area contributed by atoms with Gasteiger partial charge in [0.05, 0.1) is 12.7 Å². The van der Waals surface area contributed by atoms with E-state index >= 15 is 0 Å². The molecule has 1 saturated heterocycles. The first kappa shape index (κ1) is 12.9. The zero-order valence-corrected chi connectivity index (χ0v) is 11.3. The Balaban J connectivity index is 2.09. The van der Waals surface area contributed by atoms with Crippen molar-refractivity contribution >= 4 is 23.4 Å². The van der Waals surface area contributed by atoms with E-state index in [9.17, 15) is 0 Å². The molecule has 7 heteroatoms. The predicted molar refractivity (Wildman–Crippen MR) is 65.7 cm³/mol. The van der Waals surface area contributed by atoms with Gasteiger partial charge in [0.1, 0.15) is 0 Å². The zero-order valence-electron chi connectivity index (χ0n) is 9.72. The standard InChI is InChI=1S/C10H14ClN3O2S/c1-3-15-9-12-8(11)13-10(14-9)17-7-4-5-16-6(7)2/h6-7H,3-5H2,1-2H3. The highest BCUT2D eigenvalue weighted by Crippen LogP contribution is 2.31. The van der Waals surface area contributed by atoms with Crippen LogP contribution in [0.15, 0.2) is 5.16 Å². The first-order valence-corrected chi connectivity index (χ1v) is 6.77. The fraction of sp³-hybridized carbons (Fsp3) is 0.700. The Bertz CT molecular complexity index is 394. The predicted octanol–water partition coefficient (Wildman–Crippen LogP) is 2.19. The van der Waals surface area contributed by atoms with Crippen molar-refractivity contribution in [2.75, 3.05) is 13.2 Å². The van der Waals surface area contributed by atoms with E-state index in [-0.39, 0.29) is 17.4 Å². The van der Waals surface area contributed by atoms with Gasteiger partial charge in [-0.05, 0) is 31.9 Å². The van der Waals surface area contributed by atoms with Crippen molar-refractivity contribution in [1.82, 2.24) is 15.0 Å². The monoisotopic (exact) mass is 275 g/mol. The van der Waals surface area contributed by atoms with Crippen LogP contribution in [0, 0.1) is 0 Å². The van der Waals surface area contributed by atoms with Gasteiger partial charge in [-0.15, -0.1) is 0 Å². The Morgan fingerprint density at radius 3 is 2.94 bits per heavy atom. The normalized spacial score (nSPS) is 23.9. The average Bonchev–Trinajstić information content (AvgIpc) is 2.64. The summed E-state index contributed by atoms with van der Waals surface area (Å²) >= 11 is 7.38. The first-order valence-electron chi connectivity index (χ1n) is 5.51. The highest BCUT2D eigenvalue weighted by molar-refractivity contribution is 7.99. The number of ether oxygens (including phenoxy) is 2. The Morgan fingerprint density at radius 1 is 1.47 bits per heavy atom. The van der Waals surface area contributed by atoms with Gasteiger partial charge in [-0.25, -0.2) is 0 Å². The lowest BCUT2D eigenvalue weighted by molar-refractivity contribution is 0.127. The van der Waals surface area contributed by atoms with Gasteiger partial charge in [0.2, 0.25) is 5.28 Å². The minimum Gasteiger partial charge on any atom is -0.464 e. The molecule has 1 fully saturated rings. The molecule has 0 aliphatic carbocycles. The molecule has 1 aromatic rings. The van der Waals surface area contributed by atoms with Crippen LogP contribution in [0.1, 0.15) is 20.3 Å². The fourth-order valence-corrected chi connectivity index (χ4v) is 2.79. The molecule has 2 rings (SSSR count). The quantitative estimate of drug-likeness (QED) is 0.840. The fourth-order valence-electron chi connectivity index (χ4n) is 1.56. The van der Waals surface area contributed by atoms with E-state index in [0.29, 0.717) is 17.0 Å². The van der Waals surface area contributed by atoms with E-state index < -0.39 is 0 Å². The van der Waals surface area contributed by atoms with Crippen molar-refractivity contribution in [2.24, 2.45) is 0 Å². The molecule has 1 aliphatic heterocycles. The summed E-state index contributed by atoms with van der Waals surface area (Å²) in [6.45, 7) is 5.22. The van der Waals surface area contributed by atoms with Gasteiger partial charge in [-0.3, -0.25) is 0 Å². The highest BCUT2D eigenvalue weighted by Gasteiger charge is 2.26. The van der Waals surface area contributed by atoms with Crippen molar-refractivity contribution in [1.29, 1.82) is 0 Å². The molecular weight excluding hydrogens is 262 g/mol. The molecule has 1 aromatic heterocycles. The number of rotatable bonds is 4. The van der Waals surface area contributed by atoms with Gasteiger partial charge in [0, 0.05) is 11.9 Å². The molecule has 0 bridgehead atoms. The Morgan fingerprint density at radius 2 is 2.29 bits per heavy atom. The molecule has 94 valence electrons. The minimum absolute atomic E-state index is 0.164. The number of nitrogens with zero attached hydrogens (tertiary/aromatic N) is 3.